The second-order valence-corrected chi connectivity index (χ2v) is 6.74. The number of anilines is 2. The molecule has 0 amide bonds. The van der Waals surface area contributed by atoms with Gasteiger partial charge in [0.2, 0.25) is 11.9 Å². The van der Waals surface area contributed by atoms with Crippen molar-refractivity contribution in [2.75, 3.05) is 23.3 Å². The van der Waals surface area contributed by atoms with Gasteiger partial charge in [0.15, 0.2) is 11.2 Å². The molecular formula is C18H26N6O. The summed E-state index contributed by atoms with van der Waals surface area (Å²) in [5, 5.41) is 3.22. The Kier molecular flexibility index (Phi) is 4.98. The van der Waals surface area contributed by atoms with Gasteiger partial charge in [-0.2, -0.15) is 9.97 Å². The Hall–Kier alpha value is -2.49. The van der Waals surface area contributed by atoms with E-state index in [0.717, 1.165) is 31.9 Å². The molecule has 1 fully saturated rings. The molecule has 1 aliphatic rings. The molecule has 134 valence electrons. The van der Waals surface area contributed by atoms with Crippen LogP contribution >= 0.6 is 0 Å². The second kappa shape index (κ2) is 7.18. The van der Waals surface area contributed by atoms with Crippen LogP contribution in [0.15, 0.2) is 4.79 Å². The van der Waals surface area contributed by atoms with Gasteiger partial charge in [0, 0.05) is 26.2 Å². The first-order chi connectivity index (χ1) is 12.0. The molecule has 1 saturated heterocycles. The molecule has 1 N–H and O–H groups in total. The molecule has 25 heavy (non-hydrogen) atoms. The van der Waals surface area contributed by atoms with Crippen molar-refractivity contribution in [3.05, 3.63) is 10.4 Å². The molecule has 0 saturated carbocycles. The first kappa shape index (κ1) is 17.3. The monoisotopic (exact) mass is 342 g/mol. The quantitative estimate of drug-likeness (QED) is 0.861. The maximum Gasteiger partial charge on any atom is 0.281 e. The number of aromatic nitrogens is 4. The third-order valence-corrected chi connectivity index (χ3v) is 4.44. The Bertz CT molecular complexity index is 877. The van der Waals surface area contributed by atoms with Crippen LogP contribution < -0.4 is 15.8 Å². The van der Waals surface area contributed by atoms with Crippen molar-refractivity contribution < 1.29 is 0 Å². The molecule has 2 aromatic heterocycles. The zero-order chi connectivity index (χ0) is 18.0. The van der Waals surface area contributed by atoms with Crippen molar-refractivity contribution in [2.45, 2.75) is 52.6 Å². The van der Waals surface area contributed by atoms with E-state index in [4.69, 9.17) is 4.98 Å². The van der Waals surface area contributed by atoms with Crippen LogP contribution in [0.25, 0.3) is 11.2 Å². The van der Waals surface area contributed by atoms with Gasteiger partial charge in [-0.1, -0.05) is 5.92 Å². The van der Waals surface area contributed by atoms with Crippen LogP contribution in [-0.4, -0.2) is 38.2 Å². The third kappa shape index (κ3) is 3.34. The molecule has 7 nitrogen and oxygen atoms in total. The highest BCUT2D eigenvalue weighted by molar-refractivity contribution is 5.75. The predicted molar refractivity (Wildman–Crippen MR) is 101 cm³/mol. The maximum absolute atomic E-state index is 13.0. The van der Waals surface area contributed by atoms with Gasteiger partial charge in [0.1, 0.15) is 0 Å². The molecule has 0 unspecified atom stereocenters. The number of imidazole rings is 1. The highest BCUT2D eigenvalue weighted by Gasteiger charge is 2.23. The highest BCUT2D eigenvalue weighted by Crippen LogP contribution is 2.23. The van der Waals surface area contributed by atoms with Crippen LogP contribution in [0.1, 0.15) is 40.0 Å². The van der Waals surface area contributed by atoms with Crippen LogP contribution in [0.5, 0.6) is 0 Å². The van der Waals surface area contributed by atoms with Crippen molar-refractivity contribution in [1.29, 1.82) is 0 Å². The van der Waals surface area contributed by atoms with Crippen LogP contribution in [-0.2, 0) is 13.6 Å². The average Bonchev–Trinajstić information content (AvgIpc) is 2.96. The van der Waals surface area contributed by atoms with E-state index in [1.807, 2.05) is 18.4 Å². The molecule has 1 aliphatic heterocycles. The summed E-state index contributed by atoms with van der Waals surface area (Å²) in [6.07, 6.45) is 3.54. The number of piperidine rings is 1. The minimum Gasteiger partial charge on any atom is -0.353 e. The van der Waals surface area contributed by atoms with Crippen molar-refractivity contribution >= 4 is 23.1 Å². The Labute approximate surface area is 148 Å². The maximum atomic E-state index is 13.0. The van der Waals surface area contributed by atoms with Crippen LogP contribution in [0, 0.1) is 11.8 Å². The number of nitrogens with zero attached hydrogens (tertiary/aromatic N) is 5. The molecule has 0 aromatic carbocycles. The summed E-state index contributed by atoms with van der Waals surface area (Å²) >= 11 is 0. The first-order valence-electron chi connectivity index (χ1n) is 8.91. The minimum atomic E-state index is -0.0955. The minimum absolute atomic E-state index is 0.0955. The van der Waals surface area contributed by atoms with Gasteiger partial charge in [-0.3, -0.25) is 13.9 Å². The van der Waals surface area contributed by atoms with Crippen molar-refractivity contribution in [1.82, 2.24) is 19.1 Å². The molecule has 0 bridgehead atoms. The lowest BCUT2D eigenvalue weighted by Crippen LogP contribution is -2.32. The van der Waals surface area contributed by atoms with Gasteiger partial charge in [-0.25, -0.2) is 0 Å². The molecule has 0 aliphatic carbocycles. The summed E-state index contributed by atoms with van der Waals surface area (Å²) in [4.78, 5) is 24.5. The van der Waals surface area contributed by atoms with E-state index in [0.29, 0.717) is 23.7 Å². The van der Waals surface area contributed by atoms with Crippen molar-refractivity contribution in [3.8, 4) is 11.8 Å². The fourth-order valence-corrected chi connectivity index (χ4v) is 3.18. The lowest BCUT2D eigenvalue weighted by Gasteiger charge is -2.27. The van der Waals surface area contributed by atoms with E-state index in [1.165, 1.54) is 6.42 Å². The lowest BCUT2D eigenvalue weighted by molar-refractivity contribution is 0.561. The van der Waals surface area contributed by atoms with Gasteiger partial charge in [-0.05, 0) is 40.0 Å². The molecule has 0 atom stereocenters. The smallest absolute Gasteiger partial charge is 0.281 e. The van der Waals surface area contributed by atoms with Crippen LogP contribution in [0.3, 0.4) is 0 Å². The Balaban J connectivity index is 2.19. The number of hydrogen-bond donors (Lipinski definition) is 1. The van der Waals surface area contributed by atoms with E-state index in [9.17, 15) is 4.79 Å². The Morgan fingerprint density at radius 2 is 1.92 bits per heavy atom. The summed E-state index contributed by atoms with van der Waals surface area (Å²) < 4.78 is 3.48. The van der Waals surface area contributed by atoms with E-state index < -0.39 is 0 Å². The zero-order valence-electron chi connectivity index (χ0n) is 15.5. The number of rotatable bonds is 4. The van der Waals surface area contributed by atoms with E-state index in [1.54, 1.807) is 18.5 Å². The van der Waals surface area contributed by atoms with Gasteiger partial charge in [0.25, 0.3) is 5.56 Å². The highest BCUT2D eigenvalue weighted by atomic mass is 16.1. The number of hydrogen-bond acceptors (Lipinski definition) is 5. The average molecular weight is 342 g/mol. The first-order valence-corrected chi connectivity index (χ1v) is 8.91. The van der Waals surface area contributed by atoms with Gasteiger partial charge < -0.3 is 10.2 Å². The van der Waals surface area contributed by atoms with E-state index in [-0.39, 0.29) is 11.6 Å². The predicted octanol–water partition coefficient (Wildman–Crippen LogP) is 1.96. The summed E-state index contributed by atoms with van der Waals surface area (Å²) in [7, 11) is 1.74. The largest absolute Gasteiger partial charge is 0.353 e. The molecule has 7 heteroatoms. The Morgan fingerprint density at radius 3 is 2.56 bits per heavy atom. The molecular weight excluding hydrogens is 316 g/mol. The normalized spacial score (nSPS) is 14.7. The van der Waals surface area contributed by atoms with Gasteiger partial charge in [-0.15, -0.1) is 5.92 Å². The Morgan fingerprint density at radius 1 is 1.20 bits per heavy atom. The fraction of sp³-hybridized carbons (Fsp3) is 0.611. The van der Waals surface area contributed by atoms with Crippen LogP contribution in [0.2, 0.25) is 0 Å². The molecule has 2 aromatic rings. The molecule has 0 spiro atoms. The summed E-state index contributed by atoms with van der Waals surface area (Å²) in [5.74, 6) is 7.34. The van der Waals surface area contributed by atoms with E-state index >= 15 is 0 Å². The van der Waals surface area contributed by atoms with Gasteiger partial charge in [0.05, 0.1) is 6.54 Å². The summed E-state index contributed by atoms with van der Waals surface area (Å²) in [5.41, 5.74) is 0.923. The second-order valence-electron chi connectivity index (χ2n) is 6.74. The lowest BCUT2D eigenvalue weighted by atomic mass is 10.1. The molecule has 0 radical (unpaired) electrons. The molecule has 3 heterocycles. The van der Waals surface area contributed by atoms with Crippen molar-refractivity contribution in [2.24, 2.45) is 7.05 Å². The SMILES string of the molecule is CC#CCn1c(N2CCCCC2)nc2nc(NC(C)C)n(C)c(=O)c21. The topological polar surface area (TPSA) is 68.0 Å². The number of nitrogens with one attached hydrogen (secondary N) is 1. The summed E-state index contributed by atoms with van der Waals surface area (Å²) in [6.45, 7) is 8.21. The zero-order valence-corrected chi connectivity index (χ0v) is 15.5. The molecule has 3 rings (SSSR count). The van der Waals surface area contributed by atoms with Crippen molar-refractivity contribution in [3.63, 3.8) is 0 Å². The van der Waals surface area contributed by atoms with Gasteiger partial charge >= 0.3 is 0 Å². The fourth-order valence-electron chi connectivity index (χ4n) is 3.18. The third-order valence-electron chi connectivity index (χ3n) is 4.44. The number of fused-ring (bicyclic) bond motifs is 1. The van der Waals surface area contributed by atoms with Crippen LogP contribution in [0.4, 0.5) is 11.9 Å². The standard InChI is InChI=1S/C18H26N6O/c1-5-6-12-24-14-15(21-18(24)23-10-8-7-9-11-23)20-17(19-13(2)3)22(4)16(14)25/h13H,7-12H2,1-4H3,(H,19,20). The van der Waals surface area contributed by atoms with E-state index in [2.05, 4.69) is 27.0 Å². The summed E-state index contributed by atoms with van der Waals surface area (Å²) in [6, 6.07) is 0.185.